The van der Waals surface area contributed by atoms with Crippen molar-refractivity contribution < 1.29 is 14.3 Å². The summed E-state index contributed by atoms with van der Waals surface area (Å²) in [7, 11) is 4.97. The lowest BCUT2D eigenvalue weighted by atomic mass is 9.77. The van der Waals surface area contributed by atoms with E-state index in [1.165, 1.54) is 64.6 Å². The molecule has 7 atom stereocenters. The van der Waals surface area contributed by atoms with Gasteiger partial charge >= 0.3 is 0 Å². The van der Waals surface area contributed by atoms with E-state index in [4.69, 9.17) is 4.74 Å². The van der Waals surface area contributed by atoms with Gasteiger partial charge in [0.15, 0.2) is 0 Å². The predicted molar refractivity (Wildman–Crippen MR) is 125 cm³/mol. The number of aliphatic hydroxyl groups is 1. The van der Waals surface area contributed by atoms with Crippen LogP contribution >= 0.6 is 0 Å². The lowest BCUT2D eigenvalue weighted by Gasteiger charge is -2.46. The molecule has 176 valence electrons. The Morgan fingerprint density at radius 2 is 1.81 bits per heavy atom. The maximum atomic E-state index is 10.3. The summed E-state index contributed by atoms with van der Waals surface area (Å²) in [5, 5.41) is 13.9. The quantitative estimate of drug-likeness (QED) is 0.529. The van der Waals surface area contributed by atoms with E-state index < -0.39 is 0 Å². The van der Waals surface area contributed by atoms with Crippen molar-refractivity contribution in [2.24, 2.45) is 17.8 Å². The topological polar surface area (TPSA) is 44.7 Å². The predicted octanol–water partition coefficient (Wildman–Crippen LogP) is 3.14. The summed E-state index contributed by atoms with van der Waals surface area (Å²) in [6.07, 6.45) is 13.5. The smallest absolute Gasteiger partial charge is 0.116 e. The normalized spacial score (nSPS) is 48.5. The Labute approximate surface area is 189 Å². The van der Waals surface area contributed by atoms with Crippen LogP contribution in [0.3, 0.4) is 0 Å². The van der Waals surface area contributed by atoms with Crippen LogP contribution in [0.25, 0.3) is 0 Å². The highest BCUT2D eigenvalue weighted by molar-refractivity contribution is 5.10. The molecular weight excluding hydrogens is 386 g/mol. The number of likely N-dealkylation sites (N-methyl/N-ethyl adjacent to an activating group) is 1. The van der Waals surface area contributed by atoms with Gasteiger partial charge in [-0.3, -0.25) is 5.32 Å². The molecule has 6 rings (SSSR count). The van der Waals surface area contributed by atoms with Crippen LogP contribution < -0.4 is 5.32 Å². The third-order valence-corrected chi connectivity index (χ3v) is 10.0. The zero-order valence-corrected chi connectivity index (χ0v) is 20.1. The Bertz CT molecular complexity index is 657. The van der Waals surface area contributed by atoms with Gasteiger partial charge in [-0.1, -0.05) is 6.08 Å². The maximum Gasteiger partial charge on any atom is 0.116 e. The van der Waals surface area contributed by atoms with Crippen LogP contribution in [0.1, 0.15) is 64.7 Å². The Hall–Kier alpha value is -0.460. The van der Waals surface area contributed by atoms with Crippen molar-refractivity contribution in [2.45, 2.75) is 95.2 Å². The third-order valence-electron chi connectivity index (χ3n) is 10.0. The van der Waals surface area contributed by atoms with Gasteiger partial charge < -0.3 is 19.2 Å². The van der Waals surface area contributed by atoms with Gasteiger partial charge in [-0.2, -0.15) is 0 Å². The van der Waals surface area contributed by atoms with E-state index in [2.05, 4.69) is 30.4 Å². The van der Waals surface area contributed by atoms with Gasteiger partial charge in [0.1, 0.15) is 18.4 Å². The average molecular weight is 433 g/mol. The van der Waals surface area contributed by atoms with Gasteiger partial charge in [0.2, 0.25) is 0 Å². The molecule has 6 fully saturated rings. The highest BCUT2D eigenvalue weighted by atomic mass is 16.5. The number of piperidine rings is 2. The standard InChI is InChI=1S/C26H46N3O2/c1-4-18-17-26(27-11-7-24(18)30)31-25-6-5-22-21(16-23(25)29(22,2)3)15-20-10-14-28-12-8-19(20)9-13-28/h4,19-27,30H,5-17H2,1-3H3/q+1/b18-4-. The van der Waals surface area contributed by atoms with Crippen molar-refractivity contribution >= 4 is 0 Å². The summed E-state index contributed by atoms with van der Waals surface area (Å²) in [4.78, 5) is 2.71. The first-order valence-corrected chi connectivity index (χ1v) is 13.2. The Morgan fingerprint density at radius 3 is 2.58 bits per heavy atom. The van der Waals surface area contributed by atoms with Gasteiger partial charge in [0.25, 0.3) is 0 Å². The lowest BCUT2D eigenvalue weighted by Crippen LogP contribution is -2.60. The Morgan fingerprint density at radius 1 is 1.03 bits per heavy atom. The van der Waals surface area contributed by atoms with Gasteiger partial charge in [0.05, 0.1) is 26.2 Å². The van der Waals surface area contributed by atoms with E-state index in [-0.39, 0.29) is 12.3 Å². The molecule has 6 aliphatic heterocycles. The minimum Gasteiger partial charge on any atom is -0.389 e. The average Bonchev–Trinajstić information content (AvgIpc) is 3.09. The molecule has 0 radical (unpaired) electrons. The number of nitrogens with zero attached hydrogens (tertiary/aromatic N) is 2. The summed E-state index contributed by atoms with van der Waals surface area (Å²) in [5.41, 5.74) is 1.14. The Balaban J connectivity index is 1.24. The van der Waals surface area contributed by atoms with Crippen LogP contribution in [0.15, 0.2) is 11.6 Å². The number of fused-ring (bicyclic) bond motifs is 6. The van der Waals surface area contributed by atoms with E-state index in [1.807, 2.05) is 6.92 Å². The number of hydrogen-bond acceptors (Lipinski definition) is 4. The molecule has 6 aliphatic rings. The van der Waals surface area contributed by atoms with Gasteiger partial charge in [-0.15, -0.1) is 0 Å². The minimum atomic E-state index is -0.309. The summed E-state index contributed by atoms with van der Waals surface area (Å²) < 4.78 is 7.94. The first kappa shape index (κ1) is 22.3. The second-order valence-corrected chi connectivity index (χ2v) is 11.8. The maximum absolute atomic E-state index is 10.3. The summed E-state index contributed by atoms with van der Waals surface area (Å²) in [6.45, 7) is 6.94. The monoisotopic (exact) mass is 432 g/mol. The van der Waals surface area contributed by atoms with Crippen LogP contribution in [-0.2, 0) is 4.74 Å². The summed E-state index contributed by atoms with van der Waals surface area (Å²) >= 11 is 0. The zero-order chi connectivity index (χ0) is 21.6. The van der Waals surface area contributed by atoms with Crippen molar-refractivity contribution in [1.29, 1.82) is 0 Å². The molecule has 7 unspecified atom stereocenters. The van der Waals surface area contributed by atoms with Crippen LogP contribution in [0.4, 0.5) is 0 Å². The SMILES string of the molecule is C/C=C1/CC(OC2CCC3C(CC4CCN5CCC4CC5)CC2[N+]3(C)C)NCCC1O. The van der Waals surface area contributed by atoms with Gasteiger partial charge in [-0.05, 0) is 82.5 Å². The molecule has 5 heteroatoms. The van der Waals surface area contributed by atoms with E-state index >= 15 is 0 Å². The summed E-state index contributed by atoms with van der Waals surface area (Å²) in [5.74, 6) is 2.82. The van der Waals surface area contributed by atoms with E-state index in [9.17, 15) is 5.11 Å². The molecular formula is C26H46N3O2+. The van der Waals surface area contributed by atoms with Crippen molar-refractivity contribution in [3.63, 3.8) is 0 Å². The molecule has 6 heterocycles. The molecule has 0 aromatic heterocycles. The molecule has 0 aromatic carbocycles. The molecule has 0 aromatic rings. The Kier molecular flexibility index (Phi) is 6.53. The van der Waals surface area contributed by atoms with Gasteiger partial charge in [-0.25, -0.2) is 0 Å². The van der Waals surface area contributed by atoms with Crippen molar-refractivity contribution in [2.75, 3.05) is 40.3 Å². The van der Waals surface area contributed by atoms with Crippen molar-refractivity contribution in [3.05, 3.63) is 11.6 Å². The third kappa shape index (κ3) is 4.38. The number of rotatable bonds is 4. The van der Waals surface area contributed by atoms with Crippen LogP contribution in [0.5, 0.6) is 0 Å². The molecule has 0 aliphatic carbocycles. The van der Waals surface area contributed by atoms with E-state index in [0.29, 0.717) is 12.1 Å². The zero-order valence-electron chi connectivity index (χ0n) is 20.1. The molecule has 31 heavy (non-hydrogen) atoms. The first-order valence-electron chi connectivity index (χ1n) is 13.2. The highest BCUT2D eigenvalue weighted by Gasteiger charge is 2.57. The summed E-state index contributed by atoms with van der Waals surface area (Å²) in [6, 6.07) is 1.44. The largest absolute Gasteiger partial charge is 0.389 e. The number of hydrogen-bond donors (Lipinski definition) is 2. The molecule has 2 N–H and O–H groups in total. The molecule has 0 amide bonds. The molecule has 0 saturated carbocycles. The first-order chi connectivity index (χ1) is 15.0. The number of ether oxygens (including phenoxy) is 1. The van der Waals surface area contributed by atoms with Crippen LogP contribution in [0.2, 0.25) is 0 Å². The van der Waals surface area contributed by atoms with Crippen molar-refractivity contribution in [1.82, 2.24) is 10.2 Å². The highest BCUT2D eigenvalue weighted by Crippen LogP contribution is 2.49. The lowest BCUT2D eigenvalue weighted by molar-refractivity contribution is -0.935. The molecule has 0 spiro atoms. The fourth-order valence-corrected chi connectivity index (χ4v) is 8.15. The molecule has 5 nitrogen and oxygen atoms in total. The van der Waals surface area contributed by atoms with Gasteiger partial charge in [0, 0.05) is 31.7 Å². The fourth-order valence-electron chi connectivity index (χ4n) is 8.15. The van der Waals surface area contributed by atoms with Crippen LogP contribution in [-0.4, -0.2) is 85.3 Å². The van der Waals surface area contributed by atoms with E-state index in [0.717, 1.165) is 53.2 Å². The van der Waals surface area contributed by atoms with Crippen molar-refractivity contribution in [3.8, 4) is 0 Å². The van der Waals surface area contributed by atoms with Crippen LogP contribution in [0, 0.1) is 17.8 Å². The molecule has 4 bridgehead atoms. The second kappa shape index (κ2) is 9.06. The molecule has 6 saturated heterocycles. The number of nitrogens with one attached hydrogen (secondary N) is 1. The number of aliphatic hydroxyl groups excluding tert-OH is 1. The fraction of sp³-hybridized carbons (Fsp3) is 0.923. The number of quaternary nitrogens is 1. The minimum absolute atomic E-state index is 0.0512. The number of allylic oxidation sites excluding steroid dienone is 1. The van der Waals surface area contributed by atoms with E-state index in [1.54, 1.807) is 0 Å². The second-order valence-electron chi connectivity index (χ2n) is 11.8.